The van der Waals surface area contributed by atoms with Gasteiger partial charge in [-0.2, -0.15) is 0 Å². The highest BCUT2D eigenvalue weighted by Crippen LogP contribution is 2.35. The van der Waals surface area contributed by atoms with Gasteiger partial charge in [0.1, 0.15) is 0 Å². The summed E-state index contributed by atoms with van der Waals surface area (Å²) in [4.78, 5) is 32.6. The van der Waals surface area contributed by atoms with Crippen LogP contribution in [0.5, 0.6) is 0 Å². The molecule has 2 heterocycles. The fourth-order valence-electron chi connectivity index (χ4n) is 2.29. The molecule has 0 saturated heterocycles. The van der Waals surface area contributed by atoms with Gasteiger partial charge < -0.3 is 16.0 Å². The summed E-state index contributed by atoms with van der Waals surface area (Å²) in [5.74, 6) is -0.159. The molecule has 0 unspecified atom stereocenters. The monoisotopic (exact) mass is 401 g/mol. The molecule has 0 aliphatic carbocycles. The van der Waals surface area contributed by atoms with Crippen LogP contribution < -0.4 is 16.0 Å². The zero-order valence-corrected chi connectivity index (χ0v) is 16.8. The molecule has 0 bridgehead atoms. The van der Waals surface area contributed by atoms with E-state index < -0.39 is 0 Å². The Kier molecular flexibility index (Phi) is 5.82. The summed E-state index contributed by atoms with van der Waals surface area (Å²) in [7, 11) is 0. The number of benzene rings is 1. The summed E-state index contributed by atoms with van der Waals surface area (Å²) in [5.41, 5.74) is 3.28. The van der Waals surface area contributed by atoms with Crippen LogP contribution in [0.3, 0.4) is 0 Å². The number of nitrogens with one attached hydrogen (secondary N) is 3. The number of nitrogens with zero attached hydrogens (tertiary/aromatic N) is 2. The Balaban J connectivity index is 1.71. The Morgan fingerprint density at radius 3 is 2.41 bits per heavy atom. The summed E-state index contributed by atoms with van der Waals surface area (Å²) in [5, 5.41) is 12.1. The molecule has 0 spiro atoms. The Bertz CT molecular complexity index is 963. The number of rotatable bonds is 6. The van der Waals surface area contributed by atoms with Crippen LogP contribution in [0.25, 0.3) is 10.6 Å². The minimum atomic E-state index is -0.102. The van der Waals surface area contributed by atoms with Crippen molar-refractivity contribution >= 4 is 56.1 Å². The van der Waals surface area contributed by atoms with Gasteiger partial charge in [0.25, 0.3) is 0 Å². The van der Waals surface area contributed by atoms with Crippen LogP contribution in [0.15, 0.2) is 29.6 Å². The molecule has 0 saturated carbocycles. The van der Waals surface area contributed by atoms with E-state index in [9.17, 15) is 9.59 Å². The highest BCUT2D eigenvalue weighted by molar-refractivity contribution is 7.20. The van der Waals surface area contributed by atoms with Crippen molar-refractivity contribution in [2.45, 2.75) is 27.2 Å². The molecule has 3 rings (SSSR count). The number of carbonyl (C=O) groups is 2. The normalized spacial score (nSPS) is 10.5. The highest BCUT2D eigenvalue weighted by Gasteiger charge is 2.14. The first-order chi connectivity index (χ1) is 12.9. The van der Waals surface area contributed by atoms with Crippen LogP contribution in [-0.4, -0.2) is 21.8 Å². The van der Waals surface area contributed by atoms with E-state index in [4.69, 9.17) is 0 Å². The van der Waals surface area contributed by atoms with Crippen LogP contribution in [0.4, 0.5) is 21.6 Å². The maximum absolute atomic E-state index is 11.5. The Hall–Kier alpha value is -2.78. The van der Waals surface area contributed by atoms with E-state index in [-0.39, 0.29) is 11.8 Å². The van der Waals surface area contributed by atoms with Gasteiger partial charge in [0.2, 0.25) is 11.8 Å². The largest absolute Gasteiger partial charge is 0.332 e. The second kappa shape index (κ2) is 8.28. The first-order valence-corrected chi connectivity index (χ1v) is 10.0. The molecular formula is C18H19N5O2S2. The third-order valence-corrected chi connectivity index (χ3v) is 5.41. The summed E-state index contributed by atoms with van der Waals surface area (Å²) in [6, 6.07) is 7.41. The van der Waals surface area contributed by atoms with Crippen molar-refractivity contribution in [2.75, 3.05) is 16.0 Å². The van der Waals surface area contributed by atoms with Crippen LogP contribution in [0.1, 0.15) is 26.0 Å². The van der Waals surface area contributed by atoms with E-state index in [0.717, 1.165) is 32.8 Å². The van der Waals surface area contributed by atoms with Crippen molar-refractivity contribution in [3.05, 3.63) is 35.3 Å². The predicted octanol–water partition coefficient (Wildman–Crippen LogP) is 4.63. The van der Waals surface area contributed by atoms with Gasteiger partial charge in [0.05, 0.1) is 16.3 Å². The molecule has 0 aliphatic heterocycles. The molecule has 140 valence electrons. The van der Waals surface area contributed by atoms with E-state index in [1.165, 1.54) is 29.6 Å². The molecule has 9 heteroatoms. The van der Waals surface area contributed by atoms with Crippen molar-refractivity contribution in [2.24, 2.45) is 0 Å². The van der Waals surface area contributed by atoms with Gasteiger partial charge >= 0.3 is 0 Å². The first-order valence-electron chi connectivity index (χ1n) is 8.32. The first kappa shape index (κ1) is 19.0. The molecule has 3 N–H and O–H groups in total. The maximum Gasteiger partial charge on any atom is 0.225 e. The van der Waals surface area contributed by atoms with Crippen molar-refractivity contribution in [3.63, 3.8) is 0 Å². The number of amides is 2. The van der Waals surface area contributed by atoms with Crippen LogP contribution in [0, 0.1) is 6.92 Å². The Labute approximate surface area is 164 Å². The molecule has 0 aliphatic rings. The molecular weight excluding hydrogens is 382 g/mol. The molecule has 0 atom stereocenters. The zero-order chi connectivity index (χ0) is 19.4. The lowest BCUT2D eigenvalue weighted by Gasteiger charge is -2.05. The number of thiazole rings is 2. The molecule has 2 aromatic heterocycles. The van der Waals surface area contributed by atoms with Crippen LogP contribution in [0.2, 0.25) is 0 Å². The standard InChI is InChI=1S/C18H19N5O2S2/c1-4-15(25)23-18-19-10(2)16(27-18)14-9-26-17(22-14)21-13-7-5-12(6-8-13)20-11(3)24/h5-9H,4H2,1-3H3,(H,20,24)(H,21,22)(H,19,23,25). The minimum absolute atomic E-state index is 0.0568. The molecule has 3 aromatic rings. The third-order valence-electron chi connectivity index (χ3n) is 3.56. The third kappa shape index (κ3) is 4.89. The maximum atomic E-state index is 11.5. The number of anilines is 4. The fraction of sp³-hybridized carbons (Fsp3) is 0.222. The van der Waals surface area contributed by atoms with Crippen molar-refractivity contribution in [3.8, 4) is 10.6 Å². The number of aromatic nitrogens is 2. The van der Waals surface area contributed by atoms with Gasteiger partial charge in [-0.15, -0.1) is 11.3 Å². The average molecular weight is 402 g/mol. The number of carbonyl (C=O) groups excluding carboxylic acids is 2. The summed E-state index contributed by atoms with van der Waals surface area (Å²) < 4.78 is 0. The van der Waals surface area contributed by atoms with E-state index in [0.29, 0.717) is 11.6 Å². The van der Waals surface area contributed by atoms with Crippen molar-refractivity contribution in [1.29, 1.82) is 0 Å². The van der Waals surface area contributed by atoms with E-state index in [1.807, 2.05) is 36.6 Å². The second-order valence-corrected chi connectivity index (χ2v) is 7.61. The minimum Gasteiger partial charge on any atom is -0.332 e. The zero-order valence-electron chi connectivity index (χ0n) is 15.1. The summed E-state index contributed by atoms with van der Waals surface area (Å²) >= 11 is 2.91. The van der Waals surface area contributed by atoms with Gasteiger partial charge in [-0.3, -0.25) is 9.59 Å². The van der Waals surface area contributed by atoms with E-state index in [1.54, 1.807) is 6.92 Å². The topological polar surface area (TPSA) is 96.0 Å². The van der Waals surface area contributed by atoms with Gasteiger partial charge in [-0.1, -0.05) is 18.3 Å². The average Bonchev–Trinajstić information content (AvgIpc) is 3.22. The van der Waals surface area contributed by atoms with Crippen molar-refractivity contribution in [1.82, 2.24) is 9.97 Å². The molecule has 0 fully saturated rings. The second-order valence-electron chi connectivity index (χ2n) is 5.76. The van der Waals surface area contributed by atoms with E-state index in [2.05, 4.69) is 25.9 Å². The lowest BCUT2D eigenvalue weighted by molar-refractivity contribution is -0.116. The summed E-state index contributed by atoms with van der Waals surface area (Å²) in [6.07, 6.45) is 0.416. The number of hydrogen-bond donors (Lipinski definition) is 3. The molecule has 0 radical (unpaired) electrons. The quantitative estimate of drug-likeness (QED) is 0.560. The lowest BCUT2D eigenvalue weighted by Crippen LogP contribution is -2.08. The summed E-state index contributed by atoms with van der Waals surface area (Å²) in [6.45, 7) is 5.18. The van der Waals surface area contributed by atoms with Gasteiger partial charge in [0.15, 0.2) is 10.3 Å². The van der Waals surface area contributed by atoms with E-state index >= 15 is 0 Å². The molecule has 27 heavy (non-hydrogen) atoms. The van der Waals surface area contributed by atoms with Crippen LogP contribution >= 0.6 is 22.7 Å². The van der Waals surface area contributed by atoms with Gasteiger partial charge in [-0.05, 0) is 31.2 Å². The SMILES string of the molecule is CCC(=O)Nc1nc(C)c(-c2csc(Nc3ccc(NC(C)=O)cc3)n2)s1. The predicted molar refractivity (Wildman–Crippen MR) is 111 cm³/mol. The molecule has 2 amide bonds. The van der Waals surface area contributed by atoms with Gasteiger partial charge in [-0.25, -0.2) is 9.97 Å². The smallest absolute Gasteiger partial charge is 0.225 e. The molecule has 1 aromatic carbocycles. The Morgan fingerprint density at radius 2 is 1.74 bits per heavy atom. The number of aryl methyl sites for hydroxylation is 1. The fourth-order valence-corrected chi connectivity index (χ4v) is 4.03. The highest BCUT2D eigenvalue weighted by atomic mass is 32.1. The lowest BCUT2D eigenvalue weighted by atomic mass is 10.3. The van der Waals surface area contributed by atoms with Gasteiger partial charge in [0, 0.05) is 30.1 Å². The Morgan fingerprint density at radius 1 is 1.04 bits per heavy atom. The molecule has 7 nitrogen and oxygen atoms in total. The number of hydrogen-bond acceptors (Lipinski definition) is 7. The van der Waals surface area contributed by atoms with Crippen LogP contribution in [-0.2, 0) is 9.59 Å². The van der Waals surface area contributed by atoms with Crippen molar-refractivity contribution < 1.29 is 9.59 Å².